The number of hydrogen-bond acceptors (Lipinski definition) is 3. The second kappa shape index (κ2) is 6.18. The van der Waals surface area contributed by atoms with Gasteiger partial charge >= 0.3 is 0 Å². The number of carbonyl (C=O) groups excluding carboxylic acids is 1. The molecule has 0 bridgehead atoms. The van der Waals surface area contributed by atoms with Crippen molar-refractivity contribution in [2.24, 2.45) is 11.8 Å². The molecule has 1 saturated heterocycles. The maximum absolute atomic E-state index is 12.5. The van der Waals surface area contributed by atoms with Gasteiger partial charge in [0.25, 0.3) is 0 Å². The Morgan fingerprint density at radius 2 is 2.37 bits per heavy atom. The van der Waals surface area contributed by atoms with Gasteiger partial charge in [0.2, 0.25) is 0 Å². The summed E-state index contributed by atoms with van der Waals surface area (Å²) in [6.45, 7) is 3.17. The fourth-order valence-corrected chi connectivity index (χ4v) is 2.70. The Bertz CT molecular complexity index is 509. The molecule has 100 valence electrons. The van der Waals surface area contributed by atoms with Crippen molar-refractivity contribution in [3.05, 3.63) is 34.9 Å². The maximum atomic E-state index is 12.5. The lowest BCUT2D eigenvalue weighted by molar-refractivity contribution is -0.128. The van der Waals surface area contributed by atoms with Crippen molar-refractivity contribution >= 4 is 17.4 Å². The Balaban J connectivity index is 2.22. The summed E-state index contributed by atoms with van der Waals surface area (Å²) < 4.78 is 5.34. The van der Waals surface area contributed by atoms with Crippen molar-refractivity contribution in [2.45, 2.75) is 19.3 Å². The number of hydrogen-bond donors (Lipinski definition) is 0. The van der Waals surface area contributed by atoms with Crippen molar-refractivity contribution in [3.63, 3.8) is 0 Å². The van der Waals surface area contributed by atoms with Crippen molar-refractivity contribution < 1.29 is 9.53 Å². The summed E-state index contributed by atoms with van der Waals surface area (Å²) in [5.74, 6) is -0.682. The zero-order chi connectivity index (χ0) is 13.8. The van der Waals surface area contributed by atoms with E-state index < -0.39 is 5.92 Å². The molecule has 1 aliphatic rings. The Hall–Kier alpha value is -1.37. The molecule has 1 fully saturated rings. The minimum absolute atomic E-state index is 0.0134. The number of ether oxygens (including phenoxy) is 1. The van der Waals surface area contributed by atoms with Crippen molar-refractivity contribution in [3.8, 4) is 6.07 Å². The number of rotatable bonds is 3. The van der Waals surface area contributed by atoms with E-state index in [0.29, 0.717) is 30.2 Å². The van der Waals surface area contributed by atoms with Crippen LogP contribution in [0.3, 0.4) is 0 Å². The summed E-state index contributed by atoms with van der Waals surface area (Å²) in [6, 6.07) is 9.09. The summed E-state index contributed by atoms with van der Waals surface area (Å²) in [7, 11) is 0. The average Bonchev–Trinajstić information content (AvgIpc) is 2.40. The summed E-state index contributed by atoms with van der Waals surface area (Å²) in [6.07, 6.45) is 0.693. The largest absolute Gasteiger partial charge is 0.381 e. The predicted octanol–water partition coefficient (Wildman–Crippen LogP) is 3.19. The Labute approximate surface area is 118 Å². The molecule has 1 heterocycles. The number of Topliss-reactive ketones (excluding diaryl/α,β-unsaturated/α-hetero) is 1. The summed E-state index contributed by atoms with van der Waals surface area (Å²) in [5.41, 5.74) is 0.679. The van der Waals surface area contributed by atoms with Crippen LogP contribution in [0.5, 0.6) is 0 Å². The first kappa shape index (κ1) is 14.0. The lowest BCUT2D eigenvalue weighted by atomic mass is 9.79. The van der Waals surface area contributed by atoms with Crippen molar-refractivity contribution in [1.29, 1.82) is 5.26 Å². The van der Waals surface area contributed by atoms with Crippen LogP contribution in [0.25, 0.3) is 0 Å². The molecule has 0 spiro atoms. The standard InChI is InChI=1S/C15H16ClNO2/c1-10-9-19-6-5-13(10)15(18)14(8-17)11-3-2-4-12(16)7-11/h2-4,7,10,13-14H,5-6,9H2,1H3. The molecule has 3 nitrogen and oxygen atoms in total. The van der Waals surface area contributed by atoms with Crippen molar-refractivity contribution in [2.75, 3.05) is 13.2 Å². The normalized spacial score (nSPS) is 24.5. The number of nitriles is 1. The average molecular weight is 278 g/mol. The van der Waals surface area contributed by atoms with Gasteiger partial charge in [-0.05, 0) is 30.0 Å². The van der Waals surface area contributed by atoms with E-state index in [4.69, 9.17) is 16.3 Å². The molecule has 1 aliphatic heterocycles. The molecule has 2 rings (SSSR count). The highest BCUT2D eigenvalue weighted by Crippen LogP contribution is 2.30. The first-order chi connectivity index (χ1) is 9.13. The van der Waals surface area contributed by atoms with E-state index in [2.05, 4.69) is 6.07 Å². The van der Waals surface area contributed by atoms with Crippen LogP contribution in [0, 0.1) is 23.2 Å². The van der Waals surface area contributed by atoms with E-state index in [1.165, 1.54) is 0 Å². The van der Waals surface area contributed by atoms with Gasteiger partial charge in [0.15, 0.2) is 5.78 Å². The molecule has 0 aromatic heterocycles. The Kier molecular flexibility index (Phi) is 4.57. The first-order valence-corrected chi connectivity index (χ1v) is 6.78. The molecular weight excluding hydrogens is 262 g/mol. The van der Waals surface area contributed by atoms with Crippen LogP contribution in [0.2, 0.25) is 5.02 Å². The first-order valence-electron chi connectivity index (χ1n) is 6.40. The van der Waals surface area contributed by atoms with Crippen LogP contribution in [-0.2, 0) is 9.53 Å². The number of carbonyl (C=O) groups is 1. The van der Waals surface area contributed by atoms with Gasteiger partial charge in [-0.3, -0.25) is 4.79 Å². The number of halogens is 1. The quantitative estimate of drug-likeness (QED) is 0.852. The fraction of sp³-hybridized carbons (Fsp3) is 0.467. The molecule has 0 amide bonds. The molecule has 4 heteroatoms. The third-order valence-corrected chi connectivity index (χ3v) is 3.84. The lowest BCUT2D eigenvalue weighted by Crippen LogP contribution is -2.34. The fourth-order valence-electron chi connectivity index (χ4n) is 2.51. The van der Waals surface area contributed by atoms with Gasteiger partial charge in [-0.2, -0.15) is 5.26 Å². The van der Waals surface area contributed by atoms with E-state index in [1.807, 2.05) is 6.92 Å². The van der Waals surface area contributed by atoms with Gasteiger partial charge < -0.3 is 4.74 Å². The third kappa shape index (κ3) is 3.15. The summed E-state index contributed by atoms with van der Waals surface area (Å²) >= 11 is 5.92. The molecule has 0 aliphatic carbocycles. The minimum Gasteiger partial charge on any atom is -0.381 e. The van der Waals surface area contributed by atoms with Gasteiger partial charge in [0, 0.05) is 24.2 Å². The van der Waals surface area contributed by atoms with E-state index in [0.717, 1.165) is 0 Å². The summed E-state index contributed by atoms with van der Waals surface area (Å²) in [5, 5.41) is 9.86. The highest BCUT2D eigenvalue weighted by Gasteiger charge is 2.33. The molecular formula is C15H16ClNO2. The molecule has 0 saturated carbocycles. The SMILES string of the molecule is CC1COCCC1C(=O)C(C#N)c1cccc(Cl)c1. The molecule has 3 atom stereocenters. The van der Waals surface area contributed by atoms with Crippen LogP contribution in [-0.4, -0.2) is 19.0 Å². The van der Waals surface area contributed by atoms with Crippen molar-refractivity contribution in [1.82, 2.24) is 0 Å². The topological polar surface area (TPSA) is 50.1 Å². The third-order valence-electron chi connectivity index (χ3n) is 3.60. The highest BCUT2D eigenvalue weighted by molar-refractivity contribution is 6.30. The highest BCUT2D eigenvalue weighted by atomic mass is 35.5. The van der Waals surface area contributed by atoms with Gasteiger partial charge in [-0.25, -0.2) is 0 Å². The smallest absolute Gasteiger partial charge is 0.157 e. The van der Waals surface area contributed by atoms with E-state index in [1.54, 1.807) is 24.3 Å². The second-order valence-corrected chi connectivity index (χ2v) is 5.40. The van der Waals surface area contributed by atoms with Gasteiger partial charge in [-0.1, -0.05) is 30.7 Å². The van der Waals surface area contributed by atoms with E-state index in [9.17, 15) is 10.1 Å². The van der Waals surface area contributed by atoms with Crippen LogP contribution < -0.4 is 0 Å². The minimum atomic E-state index is -0.732. The zero-order valence-electron chi connectivity index (χ0n) is 10.8. The second-order valence-electron chi connectivity index (χ2n) is 4.97. The monoisotopic (exact) mass is 277 g/mol. The lowest BCUT2D eigenvalue weighted by Gasteiger charge is -2.29. The van der Waals surface area contributed by atoms with Crippen LogP contribution in [0.15, 0.2) is 24.3 Å². The number of ketones is 1. The Morgan fingerprint density at radius 1 is 1.58 bits per heavy atom. The zero-order valence-corrected chi connectivity index (χ0v) is 11.6. The van der Waals surface area contributed by atoms with Gasteiger partial charge in [0.1, 0.15) is 5.92 Å². The summed E-state index contributed by atoms with van der Waals surface area (Å²) in [4.78, 5) is 12.5. The molecule has 1 aromatic carbocycles. The van der Waals surface area contributed by atoms with E-state index >= 15 is 0 Å². The van der Waals surface area contributed by atoms with Crippen LogP contribution in [0.1, 0.15) is 24.8 Å². The molecule has 1 aromatic rings. The van der Waals surface area contributed by atoms with Crippen LogP contribution in [0.4, 0.5) is 0 Å². The van der Waals surface area contributed by atoms with Gasteiger partial charge in [0.05, 0.1) is 6.07 Å². The number of benzene rings is 1. The predicted molar refractivity (Wildman–Crippen MR) is 72.9 cm³/mol. The van der Waals surface area contributed by atoms with Gasteiger partial charge in [-0.15, -0.1) is 0 Å². The van der Waals surface area contributed by atoms with Crippen LogP contribution >= 0.6 is 11.6 Å². The maximum Gasteiger partial charge on any atom is 0.157 e. The van der Waals surface area contributed by atoms with E-state index in [-0.39, 0.29) is 17.6 Å². The molecule has 0 N–H and O–H groups in total. The Morgan fingerprint density at radius 3 is 3.00 bits per heavy atom. The number of nitrogens with zero attached hydrogens (tertiary/aromatic N) is 1. The molecule has 0 radical (unpaired) electrons. The molecule has 3 unspecified atom stereocenters. The molecule has 19 heavy (non-hydrogen) atoms.